The first kappa shape index (κ1) is 26.0. The highest BCUT2D eigenvalue weighted by Gasteiger charge is 2.30. The minimum absolute atomic E-state index is 0.156. The molecule has 0 aliphatic rings. The van der Waals surface area contributed by atoms with Gasteiger partial charge in [-0.05, 0) is 62.4 Å². The largest absolute Gasteiger partial charge is 0.416 e. The summed E-state index contributed by atoms with van der Waals surface area (Å²) in [6, 6.07) is 11.7. The third kappa shape index (κ3) is 8.68. The van der Waals surface area contributed by atoms with E-state index in [0.717, 1.165) is 16.5 Å². The number of anilines is 2. The van der Waals surface area contributed by atoms with Crippen molar-refractivity contribution >= 4 is 41.7 Å². The molecule has 7 nitrogen and oxygen atoms in total. The molecule has 11 heteroatoms. The minimum atomic E-state index is -4.45. The summed E-state index contributed by atoms with van der Waals surface area (Å²) in [5.41, 5.74) is 8.99. The monoisotopic (exact) mass is 481 g/mol. The number of hydrogen-bond acceptors (Lipinski definition) is 6. The predicted octanol–water partition coefficient (Wildman–Crippen LogP) is 4.78. The molecule has 2 amide bonds. The Balaban J connectivity index is 1.71. The highest BCUT2D eigenvalue weighted by Crippen LogP contribution is 2.29. The van der Waals surface area contributed by atoms with Gasteiger partial charge in [-0.2, -0.15) is 22.7 Å². The molecule has 0 aliphatic heterocycles. The number of hydrazone groups is 1. The first-order valence-corrected chi connectivity index (χ1v) is 10.6. The van der Waals surface area contributed by atoms with Crippen molar-refractivity contribution < 1.29 is 22.8 Å². The van der Waals surface area contributed by atoms with Gasteiger partial charge in [0.05, 0.1) is 22.6 Å². The number of carbonyl (C=O) groups is 2. The molecule has 0 unspecified atom stereocenters. The fraction of sp³-hybridized carbons (Fsp3) is 0.318. The van der Waals surface area contributed by atoms with Gasteiger partial charge in [0.1, 0.15) is 0 Å². The lowest BCUT2D eigenvalue weighted by molar-refractivity contribution is -0.137. The van der Waals surface area contributed by atoms with Crippen LogP contribution in [0.5, 0.6) is 0 Å². The van der Waals surface area contributed by atoms with Crippen molar-refractivity contribution in [2.45, 2.75) is 45.2 Å². The second-order valence-corrected chi connectivity index (χ2v) is 7.68. The van der Waals surface area contributed by atoms with E-state index in [1.807, 2.05) is 0 Å². The SMILES string of the molecule is C/C(=N\NN(S)C(=O)CCCCCC(=O)Nc1ccccc1N)c1cccc(C(F)(F)F)c1. The number of rotatable bonds is 10. The number of hydrogen-bond donors (Lipinski definition) is 4. The van der Waals surface area contributed by atoms with Crippen molar-refractivity contribution in [3.63, 3.8) is 0 Å². The van der Waals surface area contributed by atoms with Gasteiger partial charge in [-0.15, -0.1) is 0 Å². The number of alkyl halides is 3. The van der Waals surface area contributed by atoms with Crippen LogP contribution in [-0.4, -0.2) is 21.9 Å². The van der Waals surface area contributed by atoms with Crippen LogP contribution in [0.3, 0.4) is 0 Å². The molecule has 0 atom stereocenters. The van der Waals surface area contributed by atoms with Crippen LogP contribution < -0.4 is 16.6 Å². The highest BCUT2D eigenvalue weighted by molar-refractivity contribution is 7.78. The Bertz CT molecular complexity index is 998. The number of benzene rings is 2. The summed E-state index contributed by atoms with van der Waals surface area (Å²) in [4.78, 5) is 24.1. The Morgan fingerprint density at radius 1 is 1.06 bits per heavy atom. The number of hydrazine groups is 1. The summed E-state index contributed by atoms with van der Waals surface area (Å²) in [6.07, 6.45) is -2.20. The molecular formula is C22H26F3N5O2S. The van der Waals surface area contributed by atoms with Gasteiger partial charge >= 0.3 is 6.18 Å². The summed E-state index contributed by atoms with van der Waals surface area (Å²) in [7, 11) is 0. The molecule has 0 spiro atoms. The van der Waals surface area contributed by atoms with E-state index < -0.39 is 11.7 Å². The number of para-hydroxylation sites is 2. The zero-order chi connectivity index (χ0) is 24.4. The molecule has 0 aromatic heterocycles. The lowest BCUT2D eigenvalue weighted by atomic mass is 10.1. The van der Waals surface area contributed by atoms with Gasteiger partial charge in [0.2, 0.25) is 5.91 Å². The van der Waals surface area contributed by atoms with Crippen molar-refractivity contribution in [3.8, 4) is 0 Å². The molecule has 0 heterocycles. The maximum absolute atomic E-state index is 12.8. The van der Waals surface area contributed by atoms with Gasteiger partial charge in [0, 0.05) is 12.8 Å². The van der Waals surface area contributed by atoms with E-state index in [2.05, 4.69) is 28.8 Å². The average Bonchev–Trinajstić information content (AvgIpc) is 2.77. The van der Waals surface area contributed by atoms with Gasteiger partial charge in [0.15, 0.2) is 0 Å². The Hall–Kier alpha value is -3.21. The maximum atomic E-state index is 12.8. The minimum Gasteiger partial charge on any atom is -0.397 e. The molecular weight excluding hydrogens is 455 g/mol. The molecule has 4 N–H and O–H groups in total. The number of thiol groups is 1. The Morgan fingerprint density at radius 3 is 2.45 bits per heavy atom. The van der Waals surface area contributed by atoms with Crippen molar-refractivity contribution in [1.29, 1.82) is 0 Å². The van der Waals surface area contributed by atoms with Crippen LogP contribution in [0, 0.1) is 0 Å². The highest BCUT2D eigenvalue weighted by atomic mass is 32.1. The quantitative estimate of drug-likeness (QED) is 0.129. The van der Waals surface area contributed by atoms with Crippen LogP contribution in [0.15, 0.2) is 53.6 Å². The second kappa shape index (κ2) is 12.1. The maximum Gasteiger partial charge on any atom is 0.416 e. The van der Waals surface area contributed by atoms with Gasteiger partial charge in [-0.25, -0.2) is 5.53 Å². The Labute approximate surface area is 195 Å². The number of nitrogens with two attached hydrogens (primary N) is 1. The predicted molar refractivity (Wildman–Crippen MR) is 125 cm³/mol. The van der Waals surface area contributed by atoms with Crippen molar-refractivity contribution in [2.24, 2.45) is 5.10 Å². The van der Waals surface area contributed by atoms with E-state index in [9.17, 15) is 22.8 Å². The zero-order valence-corrected chi connectivity index (χ0v) is 18.9. The molecule has 0 saturated carbocycles. The third-order valence-electron chi connectivity index (χ3n) is 4.69. The Morgan fingerprint density at radius 2 is 1.76 bits per heavy atom. The number of nitrogens with one attached hydrogen (secondary N) is 2. The fourth-order valence-electron chi connectivity index (χ4n) is 2.83. The molecule has 2 aromatic carbocycles. The van der Waals surface area contributed by atoms with Crippen LogP contribution in [-0.2, 0) is 15.8 Å². The normalized spacial score (nSPS) is 11.7. The second-order valence-electron chi connectivity index (χ2n) is 7.28. The van der Waals surface area contributed by atoms with E-state index in [0.29, 0.717) is 37.1 Å². The third-order valence-corrected chi connectivity index (χ3v) is 5.00. The summed E-state index contributed by atoms with van der Waals surface area (Å²) in [5, 5.41) is 6.66. The molecule has 0 saturated heterocycles. The average molecular weight is 482 g/mol. The van der Waals surface area contributed by atoms with Crippen LogP contribution in [0.1, 0.15) is 50.2 Å². The summed E-state index contributed by atoms with van der Waals surface area (Å²) in [6.45, 7) is 1.52. The molecule has 0 radical (unpaired) electrons. The molecule has 178 valence electrons. The number of nitrogens with zero attached hydrogens (tertiary/aromatic N) is 2. The van der Waals surface area contributed by atoms with Gasteiger partial charge in [-0.1, -0.05) is 30.7 Å². The van der Waals surface area contributed by atoms with E-state index in [4.69, 9.17) is 5.73 Å². The molecule has 33 heavy (non-hydrogen) atoms. The molecule has 0 aliphatic carbocycles. The van der Waals surface area contributed by atoms with Crippen LogP contribution in [0.4, 0.5) is 24.5 Å². The number of carbonyl (C=O) groups excluding carboxylic acids is 2. The van der Waals surface area contributed by atoms with Crippen LogP contribution in [0.25, 0.3) is 0 Å². The Kier molecular flexibility index (Phi) is 9.58. The lowest BCUT2D eigenvalue weighted by Crippen LogP contribution is -2.32. The molecule has 0 bridgehead atoms. The first-order valence-electron chi connectivity index (χ1n) is 10.2. The van der Waals surface area contributed by atoms with Crippen molar-refractivity contribution in [2.75, 3.05) is 11.1 Å². The smallest absolute Gasteiger partial charge is 0.397 e. The molecule has 0 fully saturated rings. The van der Waals surface area contributed by atoms with E-state index in [1.165, 1.54) is 19.1 Å². The van der Waals surface area contributed by atoms with Crippen LogP contribution in [0.2, 0.25) is 0 Å². The summed E-state index contributed by atoms with van der Waals surface area (Å²) >= 11 is 4.01. The van der Waals surface area contributed by atoms with Crippen molar-refractivity contribution in [3.05, 3.63) is 59.7 Å². The van der Waals surface area contributed by atoms with Gasteiger partial charge in [-0.3, -0.25) is 9.59 Å². The zero-order valence-electron chi connectivity index (χ0n) is 18.0. The number of nitrogen functional groups attached to an aromatic ring is 1. The standard InChI is InChI=1S/C22H26F3N5O2S/c1-15(16-8-7-9-17(14-16)22(23,24)25)28-29-30(33)21(32)13-4-2-3-12-20(31)27-19-11-6-5-10-18(19)26/h5-11,14,29,33H,2-4,12-13,26H2,1H3,(H,27,31)/b28-15+. The summed E-state index contributed by atoms with van der Waals surface area (Å²) < 4.78 is 39.4. The first-order chi connectivity index (χ1) is 15.6. The van der Waals surface area contributed by atoms with Crippen molar-refractivity contribution in [1.82, 2.24) is 9.95 Å². The lowest BCUT2D eigenvalue weighted by Gasteiger charge is -2.15. The van der Waals surface area contributed by atoms with E-state index in [-0.39, 0.29) is 29.5 Å². The van der Waals surface area contributed by atoms with Gasteiger partial charge < -0.3 is 11.1 Å². The summed E-state index contributed by atoms with van der Waals surface area (Å²) in [5.74, 6) is -0.517. The topological polar surface area (TPSA) is 99.8 Å². The van der Waals surface area contributed by atoms with E-state index >= 15 is 0 Å². The number of halogens is 3. The fourth-order valence-corrected chi connectivity index (χ4v) is 2.98. The number of amides is 2. The van der Waals surface area contributed by atoms with Gasteiger partial charge in [0.25, 0.3) is 5.91 Å². The van der Waals surface area contributed by atoms with E-state index in [1.54, 1.807) is 24.3 Å². The number of unbranched alkanes of at least 4 members (excludes halogenated alkanes) is 2. The van der Waals surface area contributed by atoms with Crippen LogP contribution >= 0.6 is 12.8 Å². The molecule has 2 aromatic rings. The molecule has 2 rings (SSSR count).